The fourth-order valence-electron chi connectivity index (χ4n) is 5.48. The zero-order valence-electron chi connectivity index (χ0n) is 20.4. The van der Waals surface area contributed by atoms with Gasteiger partial charge in [0.1, 0.15) is 6.04 Å². The van der Waals surface area contributed by atoms with E-state index in [0.717, 1.165) is 73.5 Å². The number of fused-ring (bicyclic) bond motifs is 2. The van der Waals surface area contributed by atoms with Crippen LogP contribution in [0.1, 0.15) is 72.3 Å². The Bertz CT molecular complexity index is 1250. The second kappa shape index (κ2) is 10.5. The summed E-state index contributed by atoms with van der Waals surface area (Å²) < 4.78 is 7.11. The minimum absolute atomic E-state index is 0.297. The molecule has 0 spiro atoms. The number of carbonyl (C=O) groups is 2. The van der Waals surface area contributed by atoms with E-state index in [4.69, 9.17) is 9.84 Å². The van der Waals surface area contributed by atoms with E-state index < -0.39 is 12.0 Å². The van der Waals surface area contributed by atoms with Gasteiger partial charge in [-0.15, -0.1) is 0 Å². The predicted octanol–water partition coefficient (Wildman–Crippen LogP) is 4.65. The average Bonchev–Trinajstić information content (AvgIpc) is 3.35. The van der Waals surface area contributed by atoms with Crippen LogP contribution in [0, 0.1) is 0 Å². The van der Waals surface area contributed by atoms with Gasteiger partial charge in [0.2, 0.25) is 0 Å². The molecule has 1 atom stereocenters. The number of ether oxygens (including phenoxy) is 1. The molecule has 1 unspecified atom stereocenters. The van der Waals surface area contributed by atoms with E-state index in [1.54, 1.807) is 0 Å². The van der Waals surface area contributed by atoms with Crippen molar-refractivity contribution in [2.75, 3.05) is 7.11 Å². The van der Waals surface area contributed by atoms with Crippen LogP contribution in [0.3, 0.4) is 0 Å². The molecule has 184 valence electrons. The fourth-order valence-corrected chi connectivity index (χ4v) is 5.48. The number of nitrogens with one attached hydrogen (secondary N) is 2. The van der Waals surface area contributed by atoms with Crippen LogP contribution in [0.4, 0.5) is 0 Å². The second-order valence-corrected chi connectivity index (χ2v) is 9.71. The molecule has 0 saturated carbocycles. The van der Waals surface area contributed by atoms with Crippen molar-refractivity contribution in [2.45, 2.75) is 76.8 Å². The van der Waals surface area contributed by atoms with Crippen LogP contribution < -0.4 is 5.32 Å². The maximum absolute atomic E-state index is 13.5. The Morgan fingerprint density at radius 3 is 2.77 bits per heavy atom. The Kier molecular flexibility index (Phi) is 7.02. The summed E-state index contributed by atoms with van der Waals surface area (Å²) in [6.07, 6.45) is 14.4. The van der Waals surface area contributed by atoms with Gasteiger partial charge in [-0.3, -0.25) is 9.48 Å². The third-order valence-corrected chi connectivity index (χ3v) is 7.35. The number of hydrogen-bond donors (Lipinski definition) is 2. The van der Waals surface area contributed by atoms with E-state index in [9.17, 15) is 9.59 Å². The number of H-pyrrole nitrogens is 1. The van der Waals surface area contributed by atoms with Gasteiger partial charge in [-0.05, 0) is 63.0 Å². The van der Waals surface area contributed by atoms with Crippen molar-refractivity contribution >= 4 is 22.8 Å². The molecule has 1 aromatic carbocycles. The van der Waals surface area contributed by atoms with Crippen molar-refractivity contribution in [3.63, 3.8) is 0 Å². The highest BCUT2D eigenvalue weighted by Gasteiger charge is 2.29. The molecule has 2 aliphatic carbocycles. The number of rotatable bonds is 7. The SMILES string of the molecule is COC(=O)C(Cc1c[nH]c2ccccc12)NC(=O)c1nn(CC2=CCCCC2)c2c1CCCCC2. The lowest BCUT2D eigenvalue weighted by atomic mass is 9.99. The lowest BCUT2D eigenvalue weighted by Gasteiger charge is -2.16. The summed E-state index contributed by atoms with van der Waals surface area (Å²) in [4.78, 5) is 29.5. The van der Waals surface area contributed by atoms with Gasteiger partial charge in [-0.2, -0.15) is 5.10 Å². The summed E-state index contributed by atoms with van der Waals surface area (Å²) in [5.41, 5.74) is 6.07. The summed E-state index contributed by atoms with van der Waals surface area (Å²) in [6, 6.07) is 7.15. The molecule has 2 aromatic heterocycles. The molecule has 35 heavy (non-hydrogen) atoms. The third kappa shape index (κ3) is 5.04. The van der Waals surface area contributed by atoms with Gasteiger partial charge in [0, 0.05) is 34.8 Å². The number of aromatic amines is 1. The van der Waals surface area contributed by atoms with E-state index in [1.807, 2.05) is 30.5 Å². The van der Waals surface area contributed by atoms with Gasteiger partial charge in [0.15, 0.2) is 5.69 Å². The molecule has 0 aliphatic heterocycles. The summed E-state index contributed by atoms with van der Waals surface area (Å²) in [6.45, 7) is 0.755. The van der Waals surface area contributed by atoms with Crippen LogP contribution in [0.5, 0.6) is 0 Å². The Labute approximate surface area is 205 Å². The van der Waals surface area contributed by atoms with E-state index >= 15 is 0 Å². The van der Waals surface area contributed by atoms with Crippen LogP contribution in [-0.2, 0) is 35.3 Å². The van der Waals surface area contributed by atoms with Gasteiger partial charge < -0.3 is 15.0 Å². The number of allylic oxidation sites excluding steroid dienone is 2. The van der Waals surface area contributed by atoms with Gasteiger partial charge in [-0.25, -0.2) is 4.79 Å². The average molecular weight is 475 g/mol. The first-order valence-electron chi connectivity index (χ1n) is 12.8. The summed E-state index contributed by atoms with van der Waals surface area (Å²) >= 11 is 0. The minimum atomic E-state index is -0.792. The fraction of sp³-hybridized carbons (Fsp3) is 0.464. The van der Waals surface area contributed by atoms with Crippen molar-refractivity contribution < 1.29 is 14.3 Å². The Morgan fingerprint density at radius 1 is 1.11 bits per heavy atom. The number of methoxy groups -OCH3 is 1. The molecule has 0 bridgehead atoms. The van der Waals surface area contributed by atoms with Gasteiger partial charge in [0.25, 0.3) is 5.91 Å². The van der Waals surface area contributed by atoms with Crippen molar-refractivity contribution in [1.29, 1.82) is 0 Å². The van der Waals surface area contributed by atoms with Crippen LogP contribution >= 0.6 is 0 Å². The number of aromatic nitrogens is 3. The Balaban J connectivity index is 1.41. The molecule has 5 rings (SSSR count). The van der Waals surface area contributed by atoms with Gasteiger partial charge in [-0.1, -0.05) is 36.3 Å². The molecule has 0 fully saturated rings. The summed E-state index contributed by atoms with van der Waals surface area (Å²) in [5.74, 6) is -0.753. The Morgan fingerprint density at radius 2 is 1.94 bits per heavy atom. The molecule has 1 amide bonds. The molecule has 7 nitrogen and oxygen atoms in total. The molecule has 0 radical (unpaired) electrons. The predicted molar refractivity (Wildman–Crippen MR) is 135 cm³/mol. The number of hydrogen-bond acceptors (Lipinski definition) is 4. The number of benzene rings is 1. The first-order valence-corrected chi connectivity index (χ1v) is 12.8. The van der Waals surface area contributed by atoms with Crippen LogP contribution in [0.2, 0.25) is 0 Å². The molecule has 0 saturated heterocycles. The van der Waals surface area contributed by atoms with Crippen molar-refractivity contribution in [3.05, 3.63) is 64.6 Å². The number of para-hydroxylation sites is 1. The van der Waals surface area contributed by atoms with Crippen molar-refractivity contribution in [3.8, 4) is 0 Å². The highest BCUT2D eigenvalue weighted by Crippen LogP contribution is 2.27. The van der Waals surface area contributed by atoms with Gasteiger partial charge >= 0.3 is 5.97 Å². The second-order valence-electron chi connectivity index (χ2n) is 9.71. The Hall–Kier alpha value is -3.35. The smallest absolute Gasteiger partial charge is 0.328 e. The molecule has 2 heterocycles. The number of nitrogens with zero attached hydrogens (tertiary/aromatic N) is 2. The van der Waals surface area contributed by atoms with E-state index in [1.165, 1.54) is 31.2 Å². The summed E-state index contributed by atoms with van der Waals surface area (Å²) in [5, 5.41) is 8.81. The normalized spacial score (nSPS) is 16.8. The maximum Gasteiger partial charge on any atom is 0.328 e. The van der Waals surface area contributed by atoms with Gasteiger partial charge in [0.05, 0.1) is 13.7 Å². The number of carbonyl (C=O) groups excluding carboxylic acids is 2. The lowest BCUT2D eigenvalue weighted by molar-refractivity contribution is -0.142. The zero-order chi connectivity index (χ0) is 24.2. The lowest BCUT2D eigenvalue weighted by Crippen LogP contribution is -2.43. The third-order valence-electron chi connectivity index (χ3n) is 7.35. The first kappa shape index (κ1) is 23.4. The van der Waals surface area contributed by atoms with E-state index in [-0.39, 0.29) is 5.91 Å². The highest BCUT2D eigenvalue weighted by atomic mass is 16.5. The molecule has 3 aromatic rings. The molecule has 2 N–H and O–H groups in total. The highest BCUT2D eigenvalue weighted by molar-refractivity contribution is 5.97. The molecular weight excluding hydrogens is 440 g/mol. The molecule has 2 aliphatic rings. The zero-order valence-corrected chi connectivity index (χ0v) is 20.4. The van der Waals surface area contributed by atoms with Crippen molar-refractivity contribution in [1.82, 2.24) is 20.1 Å². The maximum atomic E-state index is 13.5. The minimum Gasteiger partial charge on any atom is -0.467 e. The number of esters is 1. The monoisotopic (exact) mass is 474 g/mol. The number of amides is 1. The van der Waals surface area contributed by atoms with Crippen LogP contribution in [0.25, 0.3) is 10.9 Å². The van der Waals surface area contributed by atoms with Crippen LogP contribution in [-0.4, -0.2) is 39.8 Å². The van der Waals surface area contributed by atoms with Crippen molar-refractivity contribution in [2.24, 2.45) is 0 Å². The van der Waals surface area contributed by atoms with E-state index in [0.29, 0.717) is 12.1 Å². The van der Waals surface area contributed by atoms with E-state index in [2.05, 4.69) is 21.1 Å². The first-order chi connectivity index (χ1) is 17.1. The largest absolute Gasteiger partial charge is 0.467 e. The summed E-state index contributed by atoms with van der Waals surface area (Å²) in [7, 11) is 1.36. The quantitative estimate of drug-likeness (QED) is 0.296. The molecule has 7 heteroatoms. The standard InChI is InChI=1S/C28H34N4O3/c1-35-28(34)24(16-20-17-29-23-14-9-8-12-21(20)23)30-27(33)26-22-13-6-3-7-15-25(22)32(31-26)18-19-10-4-2-5-11-19/h8-10,12,14,17,24,29H,2-7,11,13,15-16,18H2,1H3,(H,30,33). The molecular formula is C28H34N4O3. The topological polar surface area (TPSA) is 89.0 Å². The van der Waals surface area contributed by atoms with Crippen LogP contribution in [0.15, 0.2) is 42.1 Å².